The second kappa shape index (κ2) is 8.86. The minimum atomic E-state index is 1.11. The second-order valence-corrected chi connectivity index (χ2v) is 10.3. The highest BCUT2D eigenvalue weighted by atomic mass is 15.0. The highest BCUT2D eigenvalue weighted by molar-refractivity contribution is 6.19. The molecule has 0 amide bonds. The Labute approximate surface area is 232 Å². The third-order valence-corrected chi connectivity index (χ3v) is 8.06. The zero-order chi connectivity index (χ0) is 26.6. The minimum Gasteiger partial charge on any atom is -0.309 e. The zero-order valence-electron chi connectivity index (χ0n) is 22.0. The van der Waals surface area contributed by atoms with E-state index in [4.69, 9.17) is 0 Å². The summed E-state index contributed by atoms with van der Waals surface area (Å²) in [6.45, 7) is 4.00. The molecule has 0 spiro atoms. The number of para-hydroxylation sites is 2. The molecule has 188 valence electrons. The van der Waals surface area contributed by atoms with E-state index < -0.39 is 0 Å². The Morgan fingerprint density at radius 2 is 0.950 bits per heavy atom. The normalized spacial score (nSPS) is 11.6. The topological polar surface area (TPSA) is 9.86 Å². The summed E-state index contributed by atoms with van der Waals surface area (Å²) in [7, 11) is 0. The van der Waals surface area contributed by atoms with Gasteiger partial charge in [-0.1, -0.05) is 104 Å². The van der Waals surface area contributed by atoms with Crippen LogP contribution in [-0.2, 0) is 0 Å². The summed E-state index contributed by atoms with van der Waals surface area (Å²) in [4.78, 5) is 0. The van der Waals surface area contributed by atoms with Gasteiger partial charge in [0.1, 0.15) is 0 Å². The smallest absolute Gasteiger partial charge is 0.0548 e. The van der Waals surface area contributed by atoms with E-state index in [0.29, 0.717) is 0 Å². The average Bonchev–Trinajstić information content (AvgIpc) is 3.52. The molecule has 2 heterocycles. The van der Waals surface area contributed by atoms with E-state index in [0.717, 1.165) is 16.9 Å². The molecule has 0 aliphatic heterocycles. The number of fused-ring (bicyclic) bond motifs is 6. The molecule has 2 heteroatoms. The molecule has 8 aromatic rings. The lowest BCUT2D eigenvalue weighted by molar-refractivity contribution is 1.17. The van der Waals surface area contributed by atoms with Crippen LogP contribution >= 0.6 is 0 Å². The number of hydrogen-bond acceptors (Lipinski definition) is 0. The summed E-state index contributed by atoms with van der Waals surface area (Å²) in [5.41, 5.74) is 10.7. The summed E-state index contributed by atoms with van der Waals surface area (Å²) >= 11 is 0. The summed E-state index contributed by atoms with van der Waals surface area (Å²) in [6, 6.07) is 50.3. The van der Waals surface area contributed by atoms with Crippen LogP contribution in [0, 0.1) is 0 Å². The van der Waals surface area contributed by atoms with Crippen LogP contribution in [0.5, 0.6) is 0 Å². The molecular formula is C38H26N2. The SMILES string of the molecule is C=Cc1cccc(-n2c3ccccc3c3cc4c(cc32)c2ccccc2n4-c2ccc(-c3ccccc3)cc2)c1. The van der Waals surface area contributed by atoms with Gasteiger partial charge in [0.05, 0.1) is 22.1 Å². The molecule has 2 aromatic heterocycles. The molecular weight excluding hydrogens is 484 g/mol. The van der Waals surface area contributed by atoms with Crippen molar-refractivity contribution in [2.24, 2.45) is 0 Å². The van der Waals surface area contributed by atoms with Crippen molar-refractivity contribution in [3.8, 4) is 22.5 Å². The highest BCUT2D eigenvalue weighted by Crippen LogP contribution is 2.39. The van der Waals surface area contributed by atoms with Gasteiger partial charge >= 0.3 is 0 Å². The van der Waals surface area contributed by atoms with E-state index >= 15 is 0 Å². The van der Waals surface area contributed by atoms with Gasteiger partial charge < -0.3 is 9.13 Å². The first-order chi connectivity index (χ1) is 19.8. The monoisotopic (exact) mass is 510 g/mol. The van der Waals surface area contributed by atoms with Crippen LogP contribution in [0.3, 0.4) is 0 Å². The second-order valence-electron chi connectivity index (χ2n) is 10.3. The fourth-order valence-corrected chi connectivity index (χ4v) is 6.21. The predicted octanol–water partition coefficient (Wildman–Crippen LogP) is 10.2. The van der Waals surface area contributed by atoms with Crippen molar-refractivity contribution in [2.45, 2.75) is 0 Å². The molecule has 8 rings (SSSR count). The molecule has 0 atom stereocenters. The number of aromatic nitrogens is 2. The van der Waals surface area contributed by atoms with Gasteiger partial charge in [-0.15, -0.1) is 0 Å². The molecule has 2 nitrogen and oxygen atoms in total. The Hall–Kier alpha value is -5.34. The van der Waals surface area contributed by atoms with Gasteiger partial charge in [0, 0.05) is 32.9 Å². The fourth-order valence-electron chi connectivity index (χ4n) is 6.21. The summed E-state index contributed by atoms with van der Waals surface area (Å²) < 4.78 is 4.79. The van der Waals surface area contributed by atoms with Gasteiger partial charge in [0.25, 0.3) is 0 Å². The first-order valence-electron chi connectivity index (χ1n) is 13.7. The lowest BCUT2D eigenvalue weighted by Crippen LogP contribution is -1.95. The summed E-state index contributed by atoms with van der Waals surface area (Å²) in [5.74, 6) is 0. The molecule has 0 fully saturated rings. The maximum absolute atomic E-state index is 4.00. The first kappa shape index (κ1) is 22.6. The quantitative estimate of drug-likeness (QED) is 0.223. The molecule has 0 N–H and O–H groups in total. The number of hydrogen-bond donors (Lipinski definition) is 0. The Morgan fingerprint density at radius 3 is 1.57 bits per heavy atom. The fraction of sp³-hybridized carbons (Fsp3) is 0. The van der Waals surface area contributed by atoms with Crippen LogP contribution in [-0.4, -0.2) is 9.13 Å². The van der Waals surface area contributed by atoms with Crippen molar-refractivity contribution in [2.75, 3.05) is 0 Å². The third kappa shape index (κ3) is 3.36. The van der Waals surface area contributed by atoms with E-state index in [1.807, 2.05) is 6.08 Å². The van der Waals surface area contributed by atoms with E-state index in [1.165, 1.54) is 54.7 Å². The van der Waals surface area contributed by atoms with Crippen LogP contribution in [0.25, 0.3) is 72.2 Å². The third-order valence-electron chi connectivity index (χ3n) is 8.06. The molecule has 0 unspecified atom stereocenters. The maximum Gasteiger partial charge on any atom is 0.0548 e. The van der Waals surface area contributed by atoms with Gasteiger partial charge in [0.15, 0.2) is 0 Å². The lowest BCUT2D eigenvalue weighted by atomic mass is 10.1. The Bertz CT molecular complexity index is 2210. The average molecular weight is 511 g/mol. The van der Waals surface area contributed by atoms with Crippen molar-refractivity contribution in [3.05, 3.63) is 152 Å². The van der Waals surface area contributed by atoms with Gasteiger partial charge in [-0.3, -0.25) is 0 Å². The molecule has 0 radical (unpaired) electrons. The van der Waals surface area contributed by atoms with E-state index in [2.05, 4.69) is 155 Å². The van der Waals surface area contributed by atoms with Crippen molar-refractivity contribution in [1.82, 2.24) is 9.13 Å². The van der Waals surface area contributed by atoms with Crippen molar-refractivity contribution in [1.29, 1.82) is 0 Å². The number of rotatable bonds is 4. The van der Waals surface area contributed by atoms with E-state index in [1.54, 1.807) is 0 Å². The van der Waals surface area contributed by atoms with Crippen LogP contribution in [0.4, 0.5) is 0 Å². The minimum absolute atomic E-state index is 1.11. The van der Waals surface area contributed by atoms with Gasteiger partial charge in [-0.05, 0) is 65.2 Å². The number of benzene rings is 6. The van der Waals surface area contributed by atoms with Crippen molar-refractivity contribution < 1.29 is 0 Å². The molecule has 0 aliphatic rings. The molecule has 0 saturated heterocycles. The molecule has 0 bridgehead atoms. The van der Waals surface area contributed by atoms with Crippen molar-refractivity contribution in [3.63, 3.8) is 0 Å². The van der Waals surface area contributed by atoms with Crippen LogP contribution in [0.15, 0.2) is 146 Å². The predicted molar refractivity (Wildman–Crippen MR) is 171 cm³/mol. The van der Waals surface area contributed by atoms with E-state index in [-0.39, 0.29) is 0 Å². The standard InChI is InChI=1S/C38H26N2/c1-2-26-11-10-14-30(23-26)40-36-18-9-7-16-32(36)34-24-37-33(25-38(34)40)31-15-6-8-17-35(31)39(37)29-21-19-28(20-22-29)27-12-4-3-5-13-27/h2-25H,1H2. The lowest BCUT2D eigenvalue weighted by Gasteiger charge is -2.10. The first-order valence-corrected chi connectivity index (χ1v) is 13.7. The highest BCUT2D eigenvalue weighted by Gasteiger charge is 2.18. The Balaban J connectivity index is 1.43. The molecule has 0 saturated carbocycles. The van der Waals surface area contributed by atoms with E-state index in [9.17, 15) is 0 Å². The van der Waals surface area contributed by atoms with Crippen LogP contribution in [0.1, 0.15) is 5.56 Å². The summed E-state index contributed by atoms with van der Waals surface area (Å²) in [6.07, 6.45) is 1.91. The van der Waals surface area contributed by atoms with Gasteiger partial charge in [-0.2, -0.15) is 0 Å². The van der Waals surface area contributed by atoms with Gasteiger partial charge in [0.2, 0.25) is 0 Å². The molecule has 6 aromatic carbocycles. The maximum atomic E-state index is 4.00. The largest absolute Gasteiger partial charge is 0.309 e. The molecule has 0 aliphatic carbocycles. The molecule has 40 heavy (non-hydrogen) atoms. The van der Waals surface area contributed by atoms with Crippen LogP contribution in [0.2, 0.25) is 0 Å². The summed E-state index contributed by atoms with van der Waals surface area (Å²) in [5, 5.41) is 5.00. The van der Waals surface area contributed by atoms with Crippen LogP contribution < -0.4 is 0 Å². The number of nitrogens with zero attached hydrogens (tertiary/aromatic N) is 2. The van der Waals surface area contributed by atoms with Crippen molar-refractivity contribution >= 4 is 49.7 Å². The van der Waals surface area contributed by atoms with Gasteiger partial charge in [-0.25, -0.2) is 0 Å². The Morgan fingerprint density at radius 1 is 0.400 bits per heavy atom. The Kier molecular flexibility index (Phi) is 5.01. The zero-order valence-corrected chi connectivity index (χ0v) is 22.0.